The molecule has 102 valence electrons. The van der Waals surface area contributed by atoms with E-state index in [1.165, 1.54) is 0 Å². The van der Waals surface area contributed by atoms with E-state index in [9.17, 15) is 0 Å². The van der Waals surface area contributed by atoms with Crippen LogP contribution in [0.3, 0.4) is 0 Å². The van der Waals surface area contributed by atoms with Crippen LogP contribution in [0.2, 0.25) is 0 Å². The predicted molar refractivity (Wildman–Crippen MR) is 73.2 cm³/mol. The molecule has 0 aliphatic heterocycles. The van der Waals surface area contributed by atoms with E-state index in [0.29, 0.717) is 6.42 Å². The second kappa shape index (κ2) is 5.90. The zero-order valence-electron chi connectivity index (χ0n) is 11.6. The standard InChI is InChI=1S/C13H20N6/c1-4-19-12(16-8-17-19)6-11(18-14)13-10(3)5-9(2)7-15-13/h5,7-8,11,18H,4,6,14H2,1-3H3. The van der Waals surface area contributed by atoms with Crippen LogP contribution in [-0.2, 0) is 13.0 Å². The first-order valence-corrected chi connectivity index (χ1v) is 6.41. The smallest absolute Gasteiger partial charge is 0.138 e. The lowest BCUT2D eigenvalue weighted by Gasteiger charge is -2.17. The van der Waals surface area contributed by atoms with Gasteiger partial charge in [0.2, 0.25) is 0 Å². The van der Waals surface area contributed by atoms with Crippen LogP contribution in [-0.4, -0.2) is 19.7 Å². The van der Waals surface area contributed by atoms with E-state index in [0.717, 1.165) is 29.2 Å². The molecule has 0 spiro atoms. The van der Waals surface area contributed by atoms with Gasteiger partial charge < -0.3 is 0 Å². The van der Waals surface area contributed by atoms with E-state index >= 15 is 0 Å². The van der Waals surface area contributed by atoms with Gasteiger partial charge in [-0.1, -0.05) is 6.07 Å². The number of pyridine rings is 1. The molecule has 0 amide bonds. The molecular formula is C13H20N6. The van der Waals surface area contributed by atoms with Gasteiger partial charge in [0.25, 0.3) is 0 Å². The summed E-state index contributed by atoms with van der Waals surface area (Å²) < 4.78 is 1.87. The molecule has 3 N–H and O–H groups in total. The van der Waals surface area contributed by atoms with Gasteiger partial charge in [-0.2, -0.15) is 5.10 Å². The van der Waals surface area contributed by atoms with E-state index in [1.54, 1.807) is 6.33 Å². The SMILES string of the molecule is CCn1ncnc1CC(NN)c1ncc(C)cc1C. The lowest BCUT2D eigenvalue weighted by molar-refractivity contribution is 0.498. The Morgan fingerprint density at radius 1 is 1.37 bits per heavy atom. The molecule has 1 atom stereocenters. The molecule has 0 saturated heterocycles. The molecule has 2 aromatic heterocycles. The highest BCUT2D eigenvalue weighted by molar-refractivity contribution is 5.26. The van der Waals surface area contributed by atoms with Crippen molar-refractivity contribution in [2.75, 3.05) is 0 Å². The number of aromatic nitrogens is 4. The molecule has 1 unspecified atom stereocenters. The van der Waals surface area contributed by atoms with Crippen LogP contribution < -0.4 is 11.3 Å². The summed E-state index contributed by atoms with van der Waals surface area (Å²) in [5.41, 5.74) is 6.06. The summed E-state index contributed by atoms with van der Waals surface area (Å²) in [4.78, 5) is 8.76. The number of nitrogens with zero attached hydrogens (tertiary/aromatic N) is 4. The molecule has 0 aliphatic carbocycles. The highest BCUT2D eigenvalue weighted by Crippen LogP contribution is 2.18. The van der Waals surface area contributed by atoms with Gasteiger partial charge in [0.1, 0.15) is 12.2 Å². The summed E-state index contributed by atoms with van der Waals surface area (Å²) in [6.45, 7) is 6.91. The molecule has 0 radical (unpaired) electrons. The number of aryl methyl sites for hydroxylation is 3. The number of hydrazine groups is 1. The van der Waals surface area contributed by atoms with Crippen molar-refractivity contribution in [3.8, 4) is 0 Å². The minimum Gasteiger partial charge on any atom is -0.271 e. The molecule has 2 aromatic rings. The Balaban J connectivity index is 2.25. The third-order valence-corrected chi connectivity index (χ3v) is 3.17. The molecule has 6 nitrogen and oxygen atoms in total. The van der Waals surface area contributed by atoms with Gasteiger partial charge in [-0.25, -0.2) is 4.98 Å². The van der Waals surface area contributed by atoms with Gasteiger partial charge in [0.05, 0.1) is 11.7 Å². The molecule has 0 fully saturated rings. The zero-order valence-corrected chi connectivity index (χ0v) is 11.6. The van der Waals surface area contributed by atoms with Gasteiger partial charge in [-0.05, 0) is 31.9 Å². The molecule has 0 saturated carbocycles. The fourth-order valence-corrected chi connectivity index (χ4v) is 2.22. The van der Waals surface area contributed by atoms with Crippen molar-refractivity contribution < 1.29 is 0 Å². The van der Waals surface area contributed by atoms with E-state index in [4.69, 9.17) is 5.84 Å². The fourth-order valence-electron chi connectivity index (χ4n) is 2.22. The average molecular weight is 260 g/mol. The first-order chi connectivity index (χ1) is 9.15. The summed E-state index contributed by atoms with van der Waals surface area (Å²) in [6, 6.07) is 2.05. The minimum atomic E-state index is -0.0601. The maximum absolute atomic E-state index is 5.67. The van der Waals surface area contributed by atoms with Gasteiger partial charge in [-0.15, -0.1) is 0 Å². The lowest BCUT2D eigenvalue weighted by atomic mass is 10.0. The molecule has 0 aliphatic rings. The van der Waals surface area contributed by atoms with E-state index in [2.05, 4.69) is 26.6 Å². The third kappa shape index (κ3) is 2.97. The van der Waals surface area contributed by atoms with Crippen molar-refractivity contribution in [2.24, 2.45) is 5.84 Å². The monoisotopic (exact) mass is 260 g/mol. The van der Waals surface area contributed by atoms with Gasteiger partial charge in [-0.3, -0.25) is 20.9 Å². The predicted octanol–water partition coefficient (Wildman–Crippen LogP) is 1.06. The number of hydrogen-bond acceptors (Lipinski definition) is 5. The number of nitrogens with one attached hydrogen (secondary N) is 1. The largest absolute Gasteiger partial charge is 0.271 e. The summed E-state index contributed by atoms with van der Waals surface area (Å²) in [5.74, 6) is 6.58. The highest BCUT2D eigenvalue weighted by atomic mass is 15.3. The topological polar surface area (TPSA) is 81.7 Å². The molecule has 2 heterocycles. The van der Waals surface area contributed by atoms with Crippen LogP contribution in [0, 0.1) is 13.8 Å². The van der Waals surface area contributed by atoms with Crippen LogP contribution in [0.15, 0.2) is 18.6 Å². The summed E-state index contributed by atoms with van der Waals surface area (Å²) >= 11 is 0. The normalized spacial score (nSPS) is 12.6. The molecular weight excluding hydrogens is 240 g/mol. The quantitative estimate of drug-likeness (QED) is 0.620. The lowest BCUT2D eigenvalue weighted by Crippen LogP contribution is -2.31. The van der Waals surface area contributed by atoms with Crippen LogP contribution in [0.5, 0.6) is 0 Å². The Hall–Kier alpha value is -1.79. The maximum atomic E-state index is 5.67. The van der Waals surface area contributed by atoms with Crippen molar-refractivity contribution in [1.29, 1.82) is 0 Å². The van der Waals surface area contributed by atoms with Crippen molar-refractivity contribution in [3.63, 3.8) is 0 Å². The van der Waals surface area contributed by atoms with E-state index in [-0.39, 0.29) is 6.04 Å². The Bertz CT molecular complexity index is 548. The van der Waals surface area contributed by atoms with Crippen LogP contribution in [0.25, 0.3) is 0 Å². The molecule has 2 rings (SSSR count). The number of rotatable bonds is 5. The Kier molecular flexibility index (Phi) is 4.24. The van der Waals surface area contributed by atoms with E-state index in [1.807, 2.05) is 31.6 Å². The van der Waals surface area contributed by atoms with Gasteiger partial charge in [0.15, 0.2) is 0 Å². The fraction of sp³-hybridized carbons (Fsp3) is 0.462. The first-order valence-electron chi connectivity index (χ1n) is 6.41. The maximum Gasteiger partial charge on any atom is 0.138 e. The van der Waals surface area contributed by atoms with Crippen LogP contribution in [0.4, 0.5) is 0 Å². The second-order valence-corrected chi connectivity index (χ2v) is 4.63. The van der Waals surface area contributed by atoms with Gasteiger partial charge >= 0.3 is 0 Å². The van der Waals surface area contributed by atoms with E-state index < -0.39 is 0 Å². The zero-order chi connectivity index (χ0) is 13.8. The summed E-state index contributed by atoms with van der Waals surface area (Å²) in [7, 11) is 0. The molecule has 19 heavy (non-hydrogen) atoms. The third-order valence-electron chi connectivity index (χ3n) is 3.17. The summed E-state index contributed by atoms with van der Waals surface area (Å²) in [5, 5.41) is 4.17. The van der Waals surface area contributed by atoms with Crippen LogP contribution >= 0.6 is 0 Å². The Morgan fingerprint density at radius 2 is 2.16 bits per heavy atom. The van der Waals surface area contributed by atoms with Crippen LogP contribution in [0.1, 0.15) is 35.6 Å². The van der Waals surface area contributed by atoms with Crippen molar-refractivity contribution in [3.05, 3.63) is 41.2 Å². The van der Waals surface area contributed by atoms with Gasteiger partial charge in [0, 0.05) is 19.2 Å². The molecule has 6 heteroatoms. The Labute approximate surface area is 113 Å². The summed E-state index contributed by atoms with van der Waals surface area (Å²) in [6.07, 6.45) is 4.10. The molecule has 0 aromatic carbocycles. The molecule has 0 bridgehead atoms. The average Bonchev–Trinajstić information content (AvgIpc) is 2.84. The van der Waals surface area contributed by atoms with Crippen molar-refractivity contribution >= 4 is 0 Å². The highest BCUT2D eigenvalue weighted by Gasteiger charge is 2.17. The second-order valence-electron chi connectivity index (χ2n) is 4.63. The number of nitrogens with two attached hydrogens (primary N) is 1. The Morgan fingerprint density at radius 3 is 2.79 bits per heavy atom. The first kappa shape index (κ1) is 13.6. The number of hydrogen-bond donors (Lipinski definition) is 2. The minimum absolute atomic E-state index is 0.0601. The van der Waals surface area contributed by atoms with Crippen molar-refractivity contribution in [1.82, 2.24) is 25.2 Å². The van der Waals surface area contributed by atoms with Crippen molar-refractivity contribution in [2.45, 2.75) is 39.8 Å².